The van der Waals surface area contributed by atoms with Crippen LogP contribution in [0.25, 0.3) is 33.4 Å². The number of hydrogen-bond donors (Lipinski definition) is 0. The van der Waals surface area contributed by atoms with Gasteiger partial charge in [0.1, 0.15) is 11.6 Å². The van der Waals surface area contributed by atoms with Crippen molar-refractivity contribution in [1.29, 1.82) is 0 Å². The molecule has 0 N–H and O–H groups in total. The van der Waals surface area contributed by atoms with E-state index in [9.17, 15) is 4.39 Å². The Morgan fingerprint density at radius 2 is 0.644 bits per heavy atom. The lowest BCUT2D eigenvalue weighted by molar-refractivity contribution is 0.631. The van der Waals surface area contributed by atoms with Gasteiger partial charge in [0.2, 0.25) is 0 Å². The molecule has 0 aliphatic heterocycles. The summed E-state index contributed by atoms with van der Waals surface area (Å²) >= 11 is 0. The molecule has 0 spiro atoms. The van der Waals surface area contributed by atoms with E-state index in [-0.39, 0.29) is 11.6 Å². The minimum atomic E-state index is -3.20. The summed E-state index contributed by atoms with van der Waals surface area (Å²) in [5.74, 6) is -0.502. The average Bonchev–Trinajstić information content (AvgIpc) is 3.11. The standard InChI is InChI=1S/C42H30F2Si/c43-40-16-8-7-15-39(40)35-23-29-38(30-24-35)45(42-18-10-9-17-41(42)44,36-25-19-33(20-26-36)31-11-3-1-4-12-31)37-27-21-34(22-28-37)32-13-5-2-6-14-32/h1-30H. The third kappa shape index (κ3) is 5.32. The van der Waals surface area contributed by atoms with E-state index in [1.807, 2.05) is 66.7 Å². The van der Waals surface area contributed by atoms with Crippen LogP contribution in [0.3, 0.4) is 0 Å². The first kappa shape index (κ1) is 28.4. The third-order valence-corrected chi connectivity index (χ3v) is 13.4. The SMILES string of the molecule is Fc1ccccc1-c1ccc([Si](c2ccc(-c3ccccc3)cc2)(c2ccc(-c3ccccc3)cc2)c2ccccc2F)cc1. The molecule has 0 aromatic heterocycles. The third-order valence-electron chi connectivity index (χ3n) is 8.63. The minimum Gasteiger partial charge on any atom is -0.207 e. The maximum absolute atomic E-state index is 16.2. The second-order valence-electron chi connectivity index (χ2n) is 11.2. The van der Waals surface area contributed by atoms with Crippen molar-refractivity contribution in [1.82, 2.24) is 0 Å². The van der Waals surface area contributed by atoms with Crippen molar-refractivity contribution in [3.63, 3.8) is 0 Å². The predicted octanol–water partition coefficient (Wildman–Crippen LogP) is 8.34. The number of rotatable bonds is 7. The van der Waals surface area contributed by atoms with Crippen LogP contribution >= 0.6 is 0 Å². The van der Waals surface area contributed by atoms with Gasteiger partial charge in [-0.1, -0.05) is 170 Å². The lowest BCUT2D eigenvalue weighted by Gasteiger charge is -2.35. The van der Waals surface area contributed by atoms with E-state index in [2.05, 4.69) is 84.9 Å². The zero-order chi connectivity index (χ0) is 30.6. The molecule has 0 radical (unpaired) electrons. The van der Waals surface area contributed by atoms with Crippen molar-refractivity contribution < 1.29 is 8.78 Å². The van der Waals surface area contributed by atoms with Crippen LogP contribution < -0.4 is 20.7 Å². The van der Waals surface area contributed by atoms with E-state index in [4.69, 9.17) is 0 Å². The molecule has 7 aromatic carbocycles. The van der Waals surface area contributed by atoms with Gasteiger partial charge in [-0.2, -0.15) is 0 Å². The highest BCUT2D eigenvalue weighted by atomic mass is 28.3. The molecule has 7 rings (SSSR count). The molecule has 216 valence electrons. The van der Waals surface area contributed by atoms with Gasteiger partial charge >= 0.3 is 0 Å². The molecule has 0 saturated heterocycles. The van der Waals surface area contributed by atoms with Crippen molar-refractivity contribution in [2.45, 2.75) is 0 Å². The van der Waals surface area contributed by atoms with Crippen molar-refractivity contribution in [3.05, 3.63) is 194 Å². The first-order chi connectivity index (χ1) is 22.1. The Balaban J connectivity index is 1.47. The van der Waals surface area contributed by atoms with Crippen LogP contribution in [0.15, 0.2) is 182 Å². The van der Waals surface area contributed by atoms with Gasteiger partial charge in [-0.3, -0.25) is 0 Å². The molecule has 45 heavy (non-hydrogen) atoms. The van der Waals surface area contributed by atoms with Crippen LogP contribution in [-0.4, -0.2) is 8.07 Å². The van der Waals surface area contributed by atoms with E-state index < -0.39 is 8.07 Å². The Bertz CT molecular complexity index is 1950. The molecule has 0 saturated carbocycles. The molecule has 0 fully saturated rings. The lowest BCUT2D eigenvalue weighted by Crippen LogP contribution is -2.75. The molecule has 0 aliphatic rings. The summed E-state index contributed by atoms with van der Waals surface area (Å²) in [4.78, 5) is 0. The molecule has 0 unspecified atom stereocenters. The summed E-state index contributed by atoms with van der Waals surface area (Å²) in [6.45, 7) is 0. The van der Waals surface area contributed by atoms with Crippen molar-refractivity contribution in [3.8, 4) is 33.4 Å². The van der Waals surface area contributed by atoms with Gasteiger partial charge < -0.3 is 0 Å². The first-order valence-corrected chi connectivity index (χ1v) is 17.1. The van der Waals surface area contributed by atoms with E-state index in [1.165, 1.54) is 6.07 Å². The highest BCUT2D eigenvalue weighted by Crippen LogP contribution is 2.24. The van der Waals surface area contributed by atoms with Gasteiger partial charge in [0.05, 0.1) is 0 Å². The highest BCUT2D eigenvalue weighted by Gasteiger charge is 2.43. The Hall–Kier alpha value is -5.38. The first-order valence-electron chi connectivity index (χ1n) is 15.1. The quantitative estimate of drug-likeness (QED) is 0.127. The van der Waals surface area contributed by atoms with E-state index in [1.54, 1.807) is 24.3 Å². The second-order valence-corrected chi connectivity index (χ2v) is 14.9. The maximum Gasteiger partial charge on any atom is 0.182 e. The van der Waals surface area contributed by atoms with Crippen molar-refractivity contribution >= 4 is 28.8 Å². The zero-order valence-corrected chi connectivity index (χ0v) is 25.6. The van der Waals surface area contributed by atoms with E-state index in [0.717, 1.165) is 43.4 Å². The van der Waals surface area contributed by atoms with E-state index in [0.29, 0.717) is 10.8 Å². The van der Waals surface area contributed by atoms with Gasteiger partial charge in [0, 0.05) is 5.56 Å². The fraction of sp³-hybridized carbons (Fsp3) is 0. The predicted molar refractivity (Wildman–Crippen MR) is 186 cm³/mol. The Morgan fingerprint density at radius 1 is 0.289 bits per heavy atom. The molecule has 0 aliphatic carbocycles. The fourth-order valence-electron chi connectivity index (χ4n) is 6.41. The average molecular weight is 601 g/mol. The molecule has 0 heterocycles. The normalized spacial score (nSPS) is 11.3. The Morgan fingerprint density at radius 3 is 1.09 bits per heavy atom. The minimum absolute atomic E-state index is 0.235. The fourth-order valence-corrected chi connectivity index (χ4v) is 11.1. The molecule has 0 bridgehead atoms. The molecular formula is C42H30F2Si. The van der Waals surface area contributed by atoms with Crippen LogP contribution in [-0.2, 0) is 0 Å². The lowest BCUT2D eigenvalue weighted by atomic mass is 10.1. The van der Waals surface area contributed by atoms with Crippen molar-refractivity contribution in [2.75, 3.05) is 0 Å². The molecule has 0 nitrogen and oxygen atoms in total. The number of hydrogen-bond acceptors (Lipinski definition) is 0. The van der Waals surface area contributed by atoms with Gasteiger partial charge in [-0.05, 0) is 60.7 Å². The molecular weight excluding hydrogens is 571 g/mol. The van der Waals surface area contributed by atoms with Gasteiger partial charge in [0.15, 0.2) is 8.07 Å². The van der Waals surface area contributed by atoms with Crippen molar-refractivity contribution in [2.24, 2.45) is 0 Å². The summed E-state index contributed by atoms with van der Waals surface area (Å²) in [5.41, 5.74) is 5.79. The summed E-state index contributed by atoms with van der Waals surface area (Å²) in [6.07, 6.45) is 0. The summed E-state index contributed by atoms with van der Waals surface area (Å²) in [6, 6.07) is 59.8. The smallest absolute Gasteiger partial charge is 0.182 e. The summed E-state index contributed by atoms with van der Waals surface area (Å²) in [7, 11) is -3.20. The van der Waals surface area contributed by atoms with Gasteiger partial charge in [0.25, 0.3) is 0 Å². The second kappa shape index (κ2) is 12.3. The molecule has 3 heteroatoms. The van der Waals surface area contributed by atoms with Gasteiger partial charge in [-0.15, -0.1) is 0 Å². The highest BCUT2D eigenvalue weighted by molar-refractivity contribution is 7.20. The van der Waals surface area contributed by atoms with E-state index >= 15 is 4.39 Å². The van der Waals surface area contributed by atoms with Crippen LogP contribution in [0, 0.1) is 11.6 Å². The summed E-state index contributed by atoms with van der Waals surface area (Å²) in [5, 5.41) is 3.84. The summed E-state index contributed by atoms with van der Waals surface area (Å²) < 4.78 is 31.0. The maximum atomic E-state index is 16.2. The van der Waals surface area contributed by atoms with Crippen LogP contribution in [0.5, 0.6) is 0 Å². The zero-order valence-electron chi connectivity index (χ0n) is 24.6. The Kier molecular flexibility index (Phi) is 7.77. The van der Waals surface area contributed by atoms with Gasteiger partial charge in [-0.25, -0.2) is 8.78 Å². The Labute approximate surface area is 263 Å². The molecule has 0 atom stereocenters. The number of halogens is 2. The monoisotopic (exact) mass is 600 g/mol. The molecule has 0 amide bonds. The number of benzene rings is 7. The van der Waals surface area contributed by atoms with Crippen LogP contribution in [0.2, 0.25) is 0 Å². The largest absolute Gasteiger partial charge is 0.207 e. The molecule has 7 aromatic rings. The van der Waals surface area contributed by atoms with Crippen LogP contribution in [0.4, 0.5) is 8.78 Å². The van der Waals surface area contributed by atoms with Crippen LogP contribution in [0.1, 0.15) is 0 Å². The topological polar surface area (TPSA) is 0 Å².